The number of rotatable bonds is 4. The van der Waals surface area contributed by atoms with Gasteiger partial charge in [-0.3, -0.25) is 0 Å². The molecule has 110 valence electrons. The van der Waals surface area contributed by atoms with Gasteiger partial charge in [0.1, 0.15) is 4.70 Å². The molecular formula is C16H18INS2Si. The van der Waals surface area contributed by atoms with Crippen LogP contribution in [0.15, 0.2) is 58.9 Å². The molecule has 0 radical (unpaired) electrons. The molecule has 3 rings (SSSR count). The number of hydrogen-bond donors (Lipinski definition) is 0. The normalized spacial score (nSPS) is 11.3. The average molecular weight is 443 g/mol. The first-order chi connectivity index (χ1) is 9.65. The third-order valence-electron chi connectivity index (χ3n) is 3.45. The molecular weight excluding hydrogens is 425 g/mol. The zero-order chi connectivity index (χ0) is 14.0. The summed E-state index contributed by atoms with van der Waals surface area (Å²) >= 11 is 3.84. The molecule has 0 aliphatic rings. The highest BCUT2D eigenvalue weighted by Gasteiger charge is 2.25. The first kappa shape index (κ1) is 17.0. The van der Waals surface area contributed by atoms with Crippen molar-refractivity contribution in [1.29, 1.82) is 0 Å². The van der Waals surface area contributed by atoms with E-state index in [1.165, 1.54) is 25.1 Å². The number of para-hydroxylation sites is 1. The van der Waals surface area contributed by atoms with Crippen LogP contribution in [0, 0.1) is 0 Å². The van der Waals surface area contributed by atoms with Crippen molar-refractivity contribution in [3.05, 3.63) is 54.6 Å². The summed E-state index contributed by atoms with van der Waals surface area (Å²) in [5, 5.41) is 2.74. The third kappa shape index (κ3) is 4.09. The summed E-state index contributed by atoms with van der Waals surface area (Å²) in [7, 11) is -1.36. The maximum absolute atomic E-state index is 3.52. The number of aromatic nitrogens is 1. The lowest BCUT2D eigenvalue weighted by Gasteiger charge is -2.20. The van der Waals surface area contributed by atoms with Crippen molar-refractivity contribution in [3.63, 3.8) is 0 Å². The van der Waals surface area contributed by atoms with E-state index in [0.717, 1.165) is 0 Å². The van der Waals surface area contributed by atoms with E-state index in [2.05, 4.69) is 72.7 Å². The molecule has 0 spiro atoms. The molecule has 0 amide bonds. The van der Waals surface area contributed by atoms with Crippen LogP contribution in [0.1, 0.15) is 0 Å². The molecule has 1 heterocycles. The fourth-order valence-corrected chi connectivity index (χ4v) is 7.86. The number of aromatic amines is 1. The van der Waals surface area contributed by atoms with Gasteiger partial charge in [0, 0.05) is 11.4 Å². The minimum Gasteiger partial charge on any atom is -1.00 e. The Morgan fingerprint density at radius 3 is 2.38 bits per heavy atom. The third-order valence-corrected chi connectivity index (χ3v) is 10.6. The standard InChI is InChI=1S/C16H17NS2Si.HI/c1-20(2,13-8-4-3-5-9-13)12-18-16-17-14-10-6-7-11-15(14)19-16;/h3-11H,12H2,1-2H3;1H. The molecule has 21 heavy (non-hydrogen) atoms. The van der Waals surface area contributed by atoms with Crippen LogP contribution in [0.4, 0.5) is 0 Å². The second kappa shape index (κ2) is 7.26. The monoisotopic (exact) mass is 443 g/mol. The molecule has 0 unspecified atom stereocenters. The minimum absolute atomic E-state index is 0. The van der Waals surface area contributed by atoms with Gasteiger partial charge in [-0.25, -0.2) is 0 Å². The van der Waals surface area contributed by atoms with Crippen molar-refractivity contribution >= 4 is 46.6 Å². The van der Waals surface area contributed by atoms with Crippen molar-refractivity contribution in [3.8, 4) is 0 Å². The number of benzene rings is 2. The van der Waals surface area contributed by atoms with E-state index in [9.17, 15) is 0 Å². The van der Waals surface area contributed by atoms with Crippen LogP contribution in [0.25, 0.3) is 10.2 Å². The molecule has 1 aromatic heterocycles. The Balaban J connectivity index is 0.00000161. The van der Waals surface area contributed by atoms with Crippen molar-refractivity contribution in [2.24, 2.45) is 0 Å². The van der Waals surface area contributed by atoms with Gasteiger partial charge in [-0.2, -0.15) is 4.98 Å². The summed E-state index contributed by atoms with van der Waals surface area (Å²) in [6, 6.07) is 19.5. The molecule has 0 fully saturated rings. The first-order valence-electron chi connectivity index (χ1n) is 6.74. The second-order valence-electron chi connectivity index (χ2n) is 5.55. The Labute approximate surface area is 152 Å². The Hall–Kier alpha value is -0.373. The van der Waals surface area contributed by atoms with E-state index in [1.807, 2.05) is 23.1 Å². The Kier molecular flexibility index (Phi) is 5.87. The van der Waals surface area contributed by atoms with Gasteiger partial charge in [0.2, 0.25) is 5.52 Å². The Morgan fingerprint density at radius 1 is 1.00 bits per heavy atom. The van der Waals surface area contributed by atoms with Gasteiger partial charge in [0.25, 0.3) is 4.34 Å². The SMILES string of the molecule is C[Si](C)(CSc1[nH+]c2ccccc2s1)c1ccccc1.[I-]. The zero-order valence-corrected chi connectivity index (χ0v) is 16.9. The van der Waals surface area contributed by atoms with Gasteiger partial charge in [-0.1, -0.05) is 72.1 Å². The molecule has 0 bridgehead atoms. The molecule has 0 aliphatic carbocycles. The van der Waals surface area contributed by atoms with Gasteiger partial charge >= 0.3 is 0 Å². The Bertz CT molecular complexity index is 679. The summed E-state index contributed by atoms with van der Waals surface area (Å²) < 4.78 is 2.66. The van der Waals surface area contributed by atoms with Gasteiger partial charge in [0.05, 0.1) is 8.07 Å². The van der Waals surface area contributed by atoms with E-state index in [0.29, 0.717) is 0 Å². The predicted molar refractivity (Wildman–Crippen MR) is 92.7 cm³/mol. The van der Waals surface area contributed by atoms with Crippen LogP contribution < -0.4 is 34.1 Å². The Morgan fingerprint density at radius 2 is 1.67 bits per heavy atom. The molecule has 0 aliphatic heterocycles. The van der Waals surface area contributed by atoms with Gasteiger partial charge in [-0.05, 0) is 17.8 Å². The summed E-state index contributed by atoms with van der Waals surface area (Å²) in [4.78, 5) is 3.52. The predicted octanol–water partition coefficient (Wildman–Crippen LogP) is 0.966. The fourth-order valence-electron chi connectivity index (χ4n) is 2.18. The number of thioether (sulfide) groups is 1. The summed E-state index contributed by atoms with van der Waals surface area (Å²) in [5.74, 6) is 0. The lowest BCUT2D eigenvalue weighted by molar-refractivity contribution is -0.385. The molecule has 2 aromatic carbocycles. The van der Waals surface area contributed by atoms with E-state index < -0.39 is 8.07 Å². The van der Waals surface area contributed by atoms with Crippen LogP contribution in [-0.2, 0) is 0 Å². The number of hydrogen-bond acceptors (Lipinski definition) is 2. The largest absolute Gasteiger partial charge is 1.00 e. The van der Waals surface area contributed by atoms with Gasteiger partial charge in [-0.15, -0.1) is 0 Å². The maximum atomic E-state index is 3.52. The molecule has 3 aromatic rings. The number of fused-ring (bicyclic) bond motifs is 1. The molecule has 5 heteroatoms. The van der Waals surface area contributed by atoms with Crippen LogP contribution in [-0.4, -0.2) is 13.5 Å². The lowest BCUT2D eigenvalue weighted by Crippen LogP contribution is -3.00. The van der Waals surface area contributed by atoms with Crippen LogP contribution in [0.2, 0.25) is 13.1 Å². The number of nitrogens with one attached hydrogen (secondary N) is 1. The lowest BCUT2D eigenvalue weighted by atomic mass is 10.3. The molecule has 1 N–H and O–H groups in total. The summed E-state index contributed by atoms with van der Waals surface area (Å²) in [6.07, 6.45) is 0. The topological polar surface area (TPSA) is 14.1 Å². The smallest absolute Gasteiger partial charge is 0.296 e. The van der Waals surface area contributed by atoms with Gasteiger partial charge < -0.3 is 24.0 Å². The van der Waals surface area contributed by atoms with Crippen molar-refractivity contribution in [2.45, 2.75) is 17.4 Å². The van der Waals surface area contributed by atoms with Crippen molar-refractivity contribution in [2.75, 3.05) is 5.38 Å². The zero-order valence-electron chi connectivity index (χ0n) is 12.1. The first-order valence-corrected chi connectivity index (χ1v) is 11.8. The number of H-pyrrole nitrogens is 1. The van der Waals surface area contributed by atoms with E-state index in [-0.39, 0.29) is 24.0 Å². The highest BCUT2D eigenvalue weighted by atomic mass is 127. The highest BCUT2D eigenvalue weighted by molar-refractivity contribution is 8.02. The van der Waals surface area contributed by atoms with E-state index >= 15 is 0 Å². The number of thiazole rings is 1. The summed E-state index contributed by atoms with van der Waals surface area (Å²) in [5.41, 5.74) is 1.25. The fraction of sp³-hybridized carbons (Fsp3) is 0.188. The summed E-state index contributed by atoms with van der Waals surface area (Å²) in [6.45, 7) is 4.89. The quantitative estimate of drug-likeness (QED) is 0.333. The van der Waals surface area contributed by atoms with Crippen molar-refractivity contribution in [1.82, 2.24) is 0 Å². The van der Waals surface area contributed by atoms with Crippen LogP contribution in [0.5, 0.6) is 0 Å². The second-order valence-corrected chi connectivity index (χ2v) is 13.1. The highest BCUT2D eigenvalue weighted by Crippen LogP contribution is 2.27. The van der Waals surface area contributed by atoms with E-state index in [1.54, 1.807) is 0 Å². The average Bonchev–Trinajstić information content (AvgIpc) is 2.89. The maximum Gasteiger partial charge on any atom is 0.296 e. The van der Waals surface area contributed by atoms with Gasteiger partial charge in [0.15, 0.2) is 0 Å². The number of halogens is 1. The van der Waals surface area contributed by atoms with E-state index in [4.69, 9.17) is 0 Å². The molecule has 0 atom stereocenters. The van der Waals surface area contributed by atoms with Crippen LogP contribution >= 0.6 is 23.1 Å². The molecule has 0 saturated carbocycles. The molecule has 1 nitrogen and oxygen atoms in total. The van der Waals surface area contributed by atoms with Crippen molar-refractivity contribution < 1.29 is 29.0 Å². The minimum atomic E-state index is -1.36. The molecule has 0 saturated heterocycles. The van der Waals surface area contributed by atoms with Crippen LogP contribution in [0.3, 0.4) is 0 Å².